The first-order valence-electron chi connectivity index (χ1n) is 3.68. The van der Waals surface area contributed by atoms with Crippen LogP contribution in [0.4, 0.5) is 10.5 Å². The zero-order valence-electron chi connectivity index (χ0n) is 6.86. The van der Waals surface area contributed by atoms with Crippen molar-refractivity contribution in [1.82, 2.24) is 5.32 Å². The number of carbonyl (C=O) groups is 1. The zero-order valence-corrected chi connectivity index (χ0v) is 6.86. The van der Waals surface area contributed by atoms with Gasteiger partial charge in [0, 0.05) is 12.1 Å². The van der Waals surface area contributed by atoms with E-state index in [2.05, 4.69) is 10.5 Å². The van der Waals surface area contributed by atoms with Crippen LogP contribution in [0.5, 0.6) is 0 Å². The maximum Gasteiger partial charge on any atom is 0.312 e. The molecule has 0 heterocycles. The lowest BCUT2D eigenvalue weighted by Gasteiger charge is -2.02. The molecule has 5 nitrogen and oxygen atoms in total. The van der Waals surface area contributed by atoms with Gasteiger partial charge in [0.1, 0.15) is 5.69 Å². The fourth-order valence-corrected chi connectivity index (χ4v) is 0.932. The predicted molar refractivity (Wildman–Crippen MR) is 48.3 cm³/mol. The van der Waals surface area contributed by atoms with Crippen molar-refractivity contribution in [2.45, 2.75) is 6.54 Å². The molecule has 0 saturated carbocycles. The number of urea groups is 1. The highest BCUT2D eigenvalue weighted by atomic mass is 16.3. The lowest BCUT2D eigenvalue weighted by Crippen LogP contribution is -2.28. The van der Waals surface area contributed by atoms with Gasteiger partial charge in [-0.25, -0.2) is 4.79 Å². The van der Waals surface area contributed by atoms with Gasteiger partial charge in [-0.15, -0.1) is 4.91 Å². The third-order valence-electron chi connectivity index (χ3n) is 1.54. The molecule has 1 rings (SSSR count). The molecule has 68 valence electrons. The molecule has 0 aliphatic carbocycles. The Bertz CT molecular complexity index is 325. The number of rotatable bonds is 3. The Morgan fingerprint density at radius 3 is 2.77 bits per heavy atom. The van der Waals surface area contributed by atoms with Crippen LogP contribution in [0.1, 0.15) is 5.56 Å². The van der Waals surface area contributed by atoms with Crippen LogP contribution in [0.3, 0.4) is 0 Å². The Morgan fingerprint density at radius 1 is 1.46 bits per heavy atom. The monoisotopic (exact) mass is 179 g/mol. The molecule has 0 aliphatic rings. The SMILES string of the molecule is NC(=O)NCc1ccccc1N=O. The summed E-state index contributed by atoms with van der Waals surface area (Å²) in [5.74, 6) is 0. The first-order valence-corrected chi connectivity index (χ1v) is 3.68. The van der Waals surface area contributed by atoms with Crippen LogP contribution in [-0.4, -0.2) is 6.03 Å². The van der Waals surface area contributed by atoms with Gasteiger partial charge in [0.15, 0.2) is 0 Å². The van der Waals surface area contributed by atoms with Gasteiger partial charge in [0.25, 0.3) is 0 Å². The van der Waals surface area contributed by atoms with E-state index in [1.165, 1.54) is 0 Å². The van der Waals surface area contributed by atoms with Crippen LogP contribution in [0, 0.1) is 4.91 Å². The molecule has 1 aromatic rings. The second kappa shape index (κ2) is 4.20. The van der Waals surface area contributed by atoms with E-state index in [0.29, 0.717) is 11.3 Å². The highest BCUT2D eigenvalue weighted by molar-refractivity contribution is 5.71. The average Bonchev–Trinajstić information content (AvgIpc) is 2.15. The van der Waals surface area contributed by atoms with Crippen LogP contribution in [0.25, 0.3) is 0 Å². The van der Waals surface area contributed by atoms with Crippen molar-refractivity contribution in [3.8, 4) is 0 Å². The van der Waals surface area contributed by atoms with Crippen molar-refractivity contribution >= 4 is 11.7 Å². The van der Waals surface area contributed by atoms with E-state index in [9.17, 15) is 9.70 Å². The Morgan fingerprint density at radius 2 is 2.15 bits per heavy atom. The van der Waals surface area contributed by atoms with E-state index in [4.69, 9.17) is 5.73 Å². The molecule has 5 heteroatoms. The minimum Gasteiger partial charge on any atom is -0.352 e. The summed E-state index contributed by atoms with van der Waals surface area (Å²) in [6, 6.07) is 6.11. The van der Waals surface area contributed by atoms with Crippen LogP contribution >= 0.6 is 0 Å². The number of nitroso groups, excluding NO2 is 1. The van der Waals surface area contributed by atoms with Crippen molar-refractivity contribution < 1.29 is 4.79 Å². The third-order valence-corrected chi connectivity index (χ3v) is 1.54. The van der Waals surface area contributed by atoms with Crippen LogP contribution in [0.15, 0.2) is 29.4 Å². The number of benzene rings is 1. The predicted octanol–water partition coefficient (Wildman–Crippen LogP) is 1.25. The molecule has 0 unspecified atom stereocenters. The molecule has 0 aromatic heterocycles. The maximum absolute atomic E-state index is 10.4. The Kier molecular flexibility index (Phi) is 2.97. The summed E-state index contributed by atoms with van der Waals surface area (Å²) >= 11 is 0. The Labute approximate surface area is 74.9 Å². The smallest absolute Gasteiger partial charge is 0.312 e. The highest BCUT2D eigenvalue weighted by Gasteiger charge is 2.01. The highest BCUT2D eigenvalue weighted by Crippen LogP contribution is 2.17. The second-order valence-corrected chi connectivity index (χ2v) is 2.44. The lowest BCUT2D eigenvalue weighted by atomic mass is 10.2. The fraction of sp³-hybridized carbons (Fsp3) is 0.125. The van der Waals surface area contributed by atoms with Gasteiger partial charge in [-0.1, -0.05) is 18.2 Å². The molecule has 13 heavy (non-hydrogen) atoms. The van der Waals surface area contributed by atoms with E-state index >= 15 is 0 Å². The maximum atomic E-state index is 10.4. The average molecular weight is 179 g/mol. The normalized spacial score (nSPS) is 9.23. The first-order chi connectivity index (χ1) is 6.24. The summed E-state index contributed by atoms with van der Waals surface area (Å²) in [5.41, 5.74) is 5.84. The molecule has 1 aromatic carbocycles. The first kappa shape index (κ1) is 9.18. The molecule has 0 spiro atoms. The minimum atomic E-state index is -0.624. The number of nitrogens with zero attached hydrogens (tertiary/aromatic N) is 1. The van der Waals surface area contributed by atoms with Crippen molar-refractivity contribution in [1.29, 1.82) is 0 Å². The molecule has 0 radical (unpaired) electrons. The van der Waals surface area contributed by atoms with Gasteiger partial charge in [0.05, 0.1) is 0 Å². The number of carbonyl (C=O) groups excluding carboxylic acids is 1. The summed E-state index contributed by atoms with van der Waals surface area (Å²) in [6.07, 6.45) is 0. The van der Waals surface area contributed by atoms with E-state index < -0.39 is 6.03 Å². The Balaban J connectivity index is 2.75. The van der Waals surface area contributed by atoms with Crippen LogP contribution < -0.4 is 11.1 Å². The lowest BCUT2D eigenvalue weighted by molar-refractivity contribution is 0.248. The van der Waals surface area contributed by atoms with Crippen LogP contribution in [0.2, 0.25) is 0 Å². The van der Waals surface area contributed by atoms with E-state index in [-0.39, 0.29) is 6.54 Å². The number of nitrogens with one attached hydrogen (secondary N) is 1. The largest absolute Gasteiger partial charge is 0.352 e. The number of hydrogen-bond donors (Lipinski definition) is 2. The van der Waals surface area contributed by atoms with E-state index in [1.54, 1.807) is 24.3 Å². The summed E-state index contributed by atoms with van der Waals surface area (Å²) in [7, 11) is 0. The van der Waals surface area contributed by atoms with Crippen molar-refractivity contribution in [2.24, 2.45) is 10.9 Å². The molecular weight excluding hydrogens is 170 g/mol. The van der Waals surface area contributed by atoms with Gasteiger partial charge >= 0.3 is 6.03 Å². The molecule has 3 N–H and O–H groups in total. The Hall–Kier alpha value is -1.91. The van der Waals surface area contributed by atoms with Crippen LogP contribution in [-0.2, 0) is 6.54 Å². The minimum absolute atomic E-state index is 0.219. The third kappa shape index (κ3) is 2.55. The standard InChI is InChI=1S/C8H9N3O2/c9-8(12)10-5-6-3-1-2-4-7(6)11-13/h1-4H,5H2,(H3,9,10,12). The second-order valence-electron chi connectivity index (χ2n) is 2.44. The zero-order chi connectivity index (χ0) is 9.68. The van der Waals surface area contributed by atoms with Gasteiger partial charge in [-0.2, -0.15) is 0 Å². The number of primary amides is 1. The summed E-state index contributed by atoms with van der Waals surface area (Å²) in [4.78, 5) is 20.7. The van der Waals surface area contributed by atoms with Gasteiger partial charge in [-0.05, 0) is 11.2 Å². The number of nitrogens with two attached hydrogens (primary N) is 1. The van der Waals surface area contributed by atoms with E-state index in [1.807, 2.05) is 0 Å². The van der Waals surface area contributed by atoms with Crippen molar-refractivity contribution in [2.75, 3.05) is 0 Å². The van der Waals surface area contributed by atoms with Crippen molar-refractivity contribution in [3.05, 3.63) is 34.7 Å². The molecule has 0 saturated heterocycles. The van der Waals surface area contributed by atoms with E-state index in [0.717, 1.165) is 0 Å². The van der Waals surface area contributed by atoms with Gasteiger partial charge in [0.2, 0.25) is 0 Å². The molecule has 0 bridgehead atoms. The summed E-state index contributed by atoms with van der Waals surface area (Å²) < 4.78 is 0. The molecule has 2 amide bonds. The van der Waals surface area contributed by atoms with Gasteiger partial charge < -0.3 is 11.1 Å². The number of hydrogen-bond acceptors (Lipinski definition) is 3. The summed E-state index contributed by atoms with van der Waals surface area (Å²) in [5, 5.41) is 5.18. The molecule has 0 atom stereocenters. The topological polar surface area (TPSA) is 84.6 Å². The molecular formula is C8H9N3O2. The summed E-state index contributed by atoms with van der Waals surface area (Å²) in [6.45, 7) is 0.219. The van der Waals surface area contributed by atoms with Gasteiger partial charge in [-0.3, -0.25) is 0 Å². The number of amides is 2. The fourth-order valence-electron chi connectivity index (χ4n) is 0.932. The quantitative estimate of drug-likeness (QED) is 0.684. The van der Waals surface area contributed by atoms with Crippen molar-refractivity contribution in [3.63, 3.8) is 0 Å². The molecule has 0 aliphatic heterocycles. The molecule has 0 fully saturated rings.